The van der Waals surface area contributed by atoms with Crippen LogP contribution in [0.4, 0.5) is 5.82 Å². The van der Waals surface area contributed by atoms with Gasteiger partial charge in [-0.1, -0.05) is 30.3 Å². The molecule has 0 radical (unpaired) electrons. The van der Waals surface area contributed by atoms with Gasteiger partial charge in [0.05, 0.1) is 5.69 Å². The zero-order valence-corrected chi connectivity index (χ0v) is 11.2. The predicted octanol–water partition coefficient (Wildman–Crippen LogP) is 3.16. The van der Waals surface area contributed by atoms with Crippen molar-refractivity contribution in [3.8, 4) is 22.1 Å². The number of thiazole rings is 1. The van der Waals surface area contributed by atoms with Crippen LogP contribution in [0.2, 0.25) is 0 Å². The van der Waals surface area contributed by atoms with Crippen molar-refractivity contribution in [2.45, 2.75) is 6.92 Å². The second-order valence-corrected chi connectivity index (χ2v) is 5.00. The number of benzene rings is 1. The first-order chi connectivity index (χ1) is 9.25. The molecular weight excluding hydrogens is 256 g/mol. The van der Waals surface area contributed by atoms with Crippen LogP contribution in [0.15, 0.2) is 41.9 Å². The lowest BCUT2D eigenvalue weighted by molar-refractivity contribution is 1.14. The number of nitrogens with two attached hydrogens (primary N) is 1. The minimum atomic E-state index is 0.499. The molecule has 0 saturated heterocycles. The minimum Gasteiger partial charge on any atom is -0.383 e. The Kier molecular flexibility index (Phi) is 2.97. The van der Waals surface area contributed by atoms with E-state index in [4.69, 9.17) is 5.73 Å². The number of anilines is 1. The molecule has 0 aliphatic heterocycles. The molecule has 0 unspecified atom stereocenters. The zero-order valence-electron chi connectivity index (χ0n) is 10.4. The molecule has 1 aromatic carbocycles. The van der Waals surface area contributed by atoms with E-state index in [9.17, 15) is 0 Å². The van der Waals surface area contributed by atoms with Gasteiger partial charge in [0, 0.05) is 22.7 Å². The van der Waals surface area contributed by atoms with E-state index < -0.39 is 0 Å². The molecule has 2 heterocycles. The van der Waals surface area contributed by atoms with Gasteiger partial charge < -0.3 is 5.73 Å². The topological polar surface area (TPSA) is 64.7 Å². The predicted molar refractivity (Wildman–Crippen MR) is 77.7 cm³/mol. The third-order valence-corrected chi connectivity index (χ3v) is 3.62. The molecule has 0 atom stereocenters. The van der Waals surface area contributed by atoms with E-state index in [0.29, 0.717) is 11.6 Å². The minimum absolute atomic E-state index is 0.499. The van der Waals surface area contributed by atoms with E-state index >= 15 is 0 Å². The maximum atomic E-state index is 5.99. The number of aromatic nitrogens is 3. The van der Waals surface area contributed by atoms with Crippen LogP contribution < -0.4 is 5.73 Å². The Morgan fingerprint density at radius 3 is 2.58 bits per heavy atom. The second-order valence-electron chi connectivity index (χ2n) is 4.11. The van der Waals surface area contributed by atoms with Crippen LogP contribution in [0, 0.1) is 6.92 Å². The summed E-state index contributed by atoms with van der Waals surface area (Å²) in [4.78, 5) is 13.1. The molecule has 94 valence electrons. The Hall–Kier alpha value is -2.27. The van der Waals surface area contributed by atoms with Crippen LogP contribution in [-0.4, -0.2) is 15.0 Å². The molecule has 5 heteroatoms. The normalized spacial score (nSPS) is 10.6. The monoisotopic (exact) mass is 268 g/mol. The van der Waals surface area contributed by atoms with Crippen LogP contribution in [-0.2, 0) is 0 Å². The fourth-order valence-electron chi connectivity index (χ4n) is 1.84. The van der Waals surface area contributed by atoms with E-state index in [2.05, 4.69) is 15.0 Å². The van der Waals surface area contributed by atoms with Crippen molar-refractivity contribution < 1.29 is 0 Å². The highest BCUT2D eigenvalue weighted by atomic mass is 32.1. The second kappa shape index (κ2) is 4.78. The number of nitrogen functional groups attached to an aromatic ring is 1. The van der Waals surface area contributed by atoms with Crippen molar-refractivity contribution in [2.75, 3.05) is 5.73 Å². The summed E-state index contributed by atoms with van der Waals surface area (Å²) in [6, 6.07) is 9.97. The molecule has 19 heavy (non-hydrogen) atoms. The van der Waals surface area contributed by atoms with Gasteiger partial charge in [-0.15, -0.1) is 11.3 Å². The smallest absolute Gasteiger partial charge is 0.191 e. The Bertz CT molecular complexity index is 693. The maximum absolute atomic E-state index is 5.99. The van der Waals surface area contributed by atoms with Crippen LogP contribution in [0.3, 0.4) is 0 Å². The average Bonchev–Trinajstić information content (AvgIpc) is 2.97. The third kappa shape index (κ3) is 2.20. The molecule has 3 aromatic rings. The first-order valence-electron chi connectivity index (χ1n) is 5.85. The Morgan fingerprint density at radius 2 is 1.89 bits per heavy atom. The highest BCUT2D eigenvalue weighted by Gasteiger charge is 2.13. The highest BCUT2D eigenvalue weighted by Crippen LogP contribution is 2.28. The fraction of sp³-hybridized carbons (Fsp3) is 0.0714. The van der Waals surface area contributed by atoms with Gasteiger partial charge in [-0.25, -0.2) is 15.0 Å². The van der Waals surface area contributed by atoms with E-state index in [0.717, 1.165) is 21.8 Å². The Labute approximate surface area is 115 Å². The molecule has 2 N–H and O–H groups in total. The first kappa shape index (κ1) is 11.8. The molecule has 4 nitrogen and oxygen atoms in total. The van der Waals surface area contributed by atoms with Gasteiger partial charge in [-0.3, -0.25) is 0 Å². The van der Waals surface area contributed by atoms with E-state index in [-0.39, 0.29) is 0 Å². The summed E-state index contributed by atoms with van der Waals surface area (Å²) in [5, 5.41) is 2.68. The van der Waals surface area contributed by atoms with Crippen LogP contribution in [0.1, 0.15) is 5.56 Å². The van der Waals surface area contributed by atoms with Crippen molar-refractivity contribution in [1.82, 2.24) is 15.0 Å². The van der Waals surface area contributed by atoms with Gasteiger partial charge in [-0.05, 0) is 6.92 Å². The molecule has 0 aliphatic rings. The van der Waals surface area contributed by atoms with Crippen LogP contribution >= 0.6 is 11.3 Å². The van der Waals surface area contributed by atoms with Crippen molar-refractivity contribution in [1.29, 1.82) is 0 Å². The molecular formula is C14H12N4S. The quantitative estimate of drug-likeness (QED) is 0.775. The van der Waals surface area contributed by atoms with Crippen molar-refractivity contribution in [2.24, 2.45) is 0 Å². The van der Waals surface area contributed by atoms with Gasteiger partial charge in [0.15, 0.2) is 10.8 Å². The standard InChI is InChI=1S/C14H12N4S/c1-9-11(10-5-3-2-4-6-10)17-13(18-12(9)15)14-16-7-8-19-14/h2-8H,1H3,(H2,15,17,18). The molecule has 0 spiro atoms. The lowest BCUT2D eigenvalue weighted by atomic mass is 10.1. The summed E-state index contributed by atoms with van der Waals surface area (Å²) in [7, 11) is 0. The van der Waals surface area contributed by atoms with Crippen LogP contribution in [0.25, 0.3) is 22.1 Å². The zero-order chi connectivity index (χ0) is 13.2. The molecule has 0 aliphatic carbocycles. The van der Waals surface area contributed by atoms with E-state index in [1.165, 1.54) is 11.3 Å². The van der Waals surface area contributed by atoms with E-state index in [1.807, 2.05) is 42.6 Å². The third-order valence-electron chi connectivity index (χ3n) is 2.85. The number of hydrogen-bond acceptors (Lipinski definition) is 5. The maximum Gasteiger partial charge on any atom is 0.191 e. The molecule has 0 saturated carbocycles. The van der Waals surface area contributed by atoms with Gasteiger partial charge >= 0.3 is 0 Å². The largest absolute Gasteiger partial charge is 0.383 e. The van der Waals surface area contributed by atoms with Gasteiger partial charge in [0.2, 0.25) is 0 Å². The van der Waals surface area contributed by atoms with Crippen molar-refractivity contribution in [3.05, 3.63) is 47.5 Å². The van der Waals surface area contributed by atoms with Crippen LogP contribution in [0.5, 0.6) is 0 Å². The summed E-state index contributed by atoms with van der Waals surface area (Å²) in [6.07, 6.45) is 1.74. The average molecular weight is 268 g/mol. The lowest BCUT2D eigenvalue weighted by Crippen LogP contribution is -2.02. The Morgan fingerprint density at radius 1 is 1.11 bits per heavy atom. The summed E-state index contributed by atoms with van der Waals surface area (Å²) in [5.74, 6) is 1.08. The summed E-state index contributed by atoms with van der Waals surface area (Å²) in [6.45, 7) is 1.93. The summed E-state index contributed by atoms with van der Waals surface area (Å²) >= 11 is 1.50. The Balaban J connectivity index is 2.20. The first-order valence-corrected chi connectivity index (χ1v) is 6.73. The lowest BCUT2D eigenvalue weighted by Gasteiger charge is -2.09. The van der Waals surface area contributed by atoms with Gasteiger partial charge in [-0.2, -0.15) is 0 Å². The summed E-state index contributed by atoms with van der Waals surface area (Å²) < 4.78 is 0. The SMILES string of the molecule is Cc1c(N)nc(-c2nccs2)nc1-c1ccccc1. The molecule has 3 rings (SSSR count). The fourth-order valence-corrected chi connectivity index (χ4v) is 2.41. The van der Waals surface area contributed by atoms with E-state index in [1.54, 1.807) is 6.20 Å². The number of hydrogen-bond donors (Lipinski definition) is 1. The molecule has 0 amide bonds. The molecule has 0 bridgehead atoms. The number of nitrogens with zero attached hydrogens (tertiary/aromatic N) is 3. The summed E-state index contributed by atoms with van der Waals surface area (Å²) in [5.41, 5.74) is 8.78. The number of rotatable bonds is 2. The van der Waals surface area contributed by atoms with Crippen molar-refractivity contribution in [3.63, 3.8) is 0 Å². The molecule has 0 fully saturated rings. The van der Waals surface area contributed by atoms with Crippen molar-refractivity contribution >= 4 is 17.2 Å². The van der Waals surface area contributed by atoms with Gasteiger partial charge in [0.1, 0.15) is 5.82 Å². The molecule has 2 aromatic heterocycles. The highest BCUT2D eigenvalue weighted by molar-refractivity contribution is 7.13. The van der Waals surface area contributed by atoms with Gasteiger partial charge in [0.25, 0.3) is 0 Å².